The molecule has 0 aliphatic heterocycles. The second kappa shape index (κ2) is 6.15. The van der Waals surface area contributed by atoms with E-state index in [-0.39, 0.29) is 6.04 Å². The van der Waals surface area contributed by atoms with Crippen molar-refractivity contribution < 1.29 is 13.2 Å². The smallest absolute Gasteiger partial charge is 0.309 e. The predicted molar refractivity (Wildman–Crippen MR) is 76.0 cm³/mol. The van der Waals surface area contributed by atoms with Crippen molar-refractivity contribution in [2.24, 2.45) is 0 Å². The van der Waals surface area contributed by atoms with Crippen molar-refractivity contribution in [2.75, 3.05) is 0 Å². The van der Waals surface area contributed by atoms with Gasteiger partial charge in [-0.2, -0.15) is 13.2 Å². The van der Waals surface area contributed by atoms with Gasteiger partial charge in [-0.3, -0.25) is 0 Å². The summed E-state index contributed by atoms with van der Waals surface area (Å²) in [5.74, 6) is 0. The Labute approximate surface area is 128 Å². The summed E-state index contributed by atoms with van der Waals surface area (Å²) in [4.78, 5) is 0. The van der Waals surface area contributed by atoms with Crippen LogP contribution in [-0.2, 0) is 12.7 Å². The van der Waals surface area contributed by atoms with E-state index in [0.717, 1.165) is 12.1 Å². The van der Waals surface area contributed by atoms with Crippen LogP contribution in [-0.4, -0.2) is 21.0 Å². The predicted octanol–water partition coefficient (Wildman–Crippen LogP) is 3.55. The molecule has 2 aromatic rings. The number of hydrogen-bond donors (Lipinski definition) is 1. The first-order valence-corrected chi connectivity index (χ1v) is 7.08. The maximum absolute atomic E-state index is 12.8. The Hall–Kier alpha value is -1.41. The van der Waals surface area contributed by atoms with Crippen LogP contribution >= 0.6 is 15.9 Å². The molecule has 0 spiro atoms. The molecule has 0 amide bonds. The topological polar surface area (TPSA) is 42.7 Å². The number of nitrogens with zero attached hydrogens (tertiary/aromatic N) is 3. The molecular formula is C13H14BrF3N4. The van der Waals surface area contributed by atoms with Gasteiger partial charge in [-0.25, -0.2) is 4.68 Å². The summed E-state index contributed by atoms with van der Waals surface area (Å²) in [6, 6.07) is 3.69. The average Bonchev–Trinajstić information content (AvgIpc) is 2.83. The molecule has 4 nitrogen and oxygen atoms in total. The number of hydrogen-bond acceptors (Lipinski definition) is 3. The largest absolute Gasteiger partial charge is 0.416 e. The van der Waals surface area contributed by atoms with Gasteiger partial charge in [0.2, 0.25) is 0 Å². The number of aromatic nitrogens is 3. The van der Waals surface area contributed by atoms with E-state index in [1.165, 1.54) is 16.9 Å². The Bertz CT molecular complexity index is 622. The van der Waals surface area contributed by atoms with Crippen LogP contribution in [0.5, 0.6) is 0 Å². The molecule has 1 N–H and O–H groups in total. The highest BCUT2D eigenvalue weighted by Gasteiger charge is 2.31. The normalized spacial score (nSPS) is 12.1. The van der Waals surface area contributed by atoms with Gasteiger partial charge < -0.3 is 5.32 Å². The lowest BCUT2D eigenvalue weighted by atomic mass is 10.2. The molecule has 0 unspecified atom stereocenters. The molecule has 0 radical (unpaired) electrons. The lowest BCUT2D eigenvalue weighted by molar-refractivity contribution is -0.137. The molecule has 0 atom stereocenters. The van der Waals surface area contributed by atoms with Gasteiger partial charge in [0, 0.05) is 17.1 Å². The molecule has 1 aromatic carbocycles. The molecule has 0 aliphatic carbocycles. The number of benzene rings is 1. The number of nitrogens with one attached hydrogen (secondary N) is 1. The molecule has 2 rings (SSSR count). The van der Waals surface area contributed by atoms with E-state index in [0.29, 0.717) is 22.4 Å². The Morgan fingerprint density at radius 3 is 2.67 bits per heavy atom. The van der Waals surface area contributed by atoms with Crippen molar-refractivity contribution in [1.29, 1.82) is 0 Å². The van der Waals surface area contributed by atoms with Gasteiger partial charge in [0.05, 0.1) is 23.1 Å². The Morgan fingerprint density at radius 2 is 2.05 bits per heavy atom. The minimum Gasteiger partial charge on any atom is -0.309 e. The molecule has 8 heteroatoms. The summed E-state index contributed by atoms with van der Waals surface area (Å²) in [5.41, 5.74) is 0.269. The average molecular weight is 363 g/mol. The van der Waals surface area contributed by atoms with Crippen LogP contribution in [0.4, 0.5) is 13.2 Å². The van der Waals surface area contributed by atoms with E-state index in [1.54, 1.807) is 0 Å². The molecular weight excluding hydrogens is 349 g/mol. The van der Waals surface area contributed by atoms with Crippen molar-refractivity contribution in [3.05, 3.63) is 40.1 Å². The first-order chi connectivity index (χ1) is 9.79. The third-order valence-corrected chi connectivity index (χ3v) is 3.48. The second-order valence-electron chi connectivity index (χ2n) is 4.84. The van der Waals surface area contributed by atoms with Crippen molar-refractivity contribution in [3.63, 3.8) is 0 Å². The molecule has 0 aliphatic rings. The zero-order chi connectivity index (χ0) is 15.6. The van der Waals surface area contributed by atoms with Gasteiger partial charge in [-0.1, -0.05) is 19.1 Å². The Kier molecular flexibility index (Phi) is 4.67. The van der Waals surface area contributed by atoms with Crippen LogP contribution < -0.4 is 5.32 Å². The molecule has 1 aromatic heterocycles. The number of alkyl halides is 3. The number of rotatable bonds is 4. The van der Waals surface area contributed by atoms with E-state index in [1.807, 2.05) is 13.8 Å². The third-order valence-electron chi connectivity index (χ3n) is 2.81. The van der Waals surface area contributed by atoms with Crippen LogP contribution in [0, 0.1) is 0 Å². The van der Waals surface area contributed by atoms with Crippen molar-refractivity contribution in [2.45, 2.75) is 32.6 Å². The van der Waals surface area contributed by atoms with Crippen LogP contribution in [0.25, 0.3) is 5.69 Å². The summed E-state index contributed by atoms with van der Waals surface area (Å²) < 4.78 is 40.4. The standard InChI is InChI=1S/C13H14BrF3N4/c1-8(2)18-6-10-7-19-20-21(10)12-5-9(13(15,16)17)3-4-11(12)14/h3-5,7-8,18H,6H2,1-2H3. The van der Waals surface area contributed by atoms with Crippen molar-refractivity contribution >= 4 is 15.9 Å². The van der Waals surface area contributed by atoms with Gasteiger partial charge in [-0.05, 0) is 34.1 Å². The van der Waals surface area contributed by atoms with Gasteiger partial charge in [0.15, 0.2) is 0 Å². The third kappa shape index (κ3) is 3.82. The van der Waals surface area contributed by atoms with E-state index in [2.05, 4.69) is 31.6 Å². The summed E-state index contributed by atoms with van der Waals surface area (Å²) in [6.07, 6.45) is -2.87. The highest BCUT2D eigenvalue weighted by atomic mass is 79.9. The fourth-order valence-corrected chi connectivity index (χ4v) is 2.15. The highest BCUT2D eigenvalue weighted by Crippen LogP contribution is 2.33. The van der Waals surface area contributed by atoms with Crippen LogP contribution in [0.15, 0.2) is 28.9 Å². The van der Waals surface area contributed by atoms with Gasteiger partial charge in [0.1, 0.15) is 0 Å². The Morgan fingerprint density at radius 1 is 1.33 bits per heavy atom. The molecule has 1 heterocycles. The van der Waals surface area contributed by atoms with E-state index in [9.17, 15) is 13.2 Å². The summed E-state index contributed by atoms with van der Waals surface area (Å²) in [7, 11) is 0. The van der Waals surface area contributed by atoms with E-state index < -0.39 is 11.7 Å². The fraction of sp³-hybridized carbons (Fsp3) is 0.385. The molecule has 21 heavy (non-hydrogen) atoms. The first-order valence-electron chi connectivity index (χ1n) is 6.29. The Balaban J connectivity index is 2.40. The molecule has 0 bridgehead atoms. The minimum atomic E-state index is -4.40. The summed E-state index contributed by atoms with van der Waals surface area (Å²) >= 11 is 3.26. The summed E-state index contributed by atoms with van der Waals surface area (Å²) in [6.45, 7) is 4.43. The summed E-state index contributed by atoms with van der Waals surface area (Å²) in [5, 5.41) is 10.8. The maximum atomic E-state index is 12.8. The minimum absolute atomic E-state index is 0.248. The van der Waals surface area contributed by atoms with Crippen LogP contribution in [0.3, 0.4) is 0 Å². The van der Waals surface area contributed by atoms with Crippen molar-refractivity contribution in [1.82, 2.24) is 20.3 Å². The van der Waals surface area contributed by atoms with Crippen molar-refractivity contribution in [3.8, 4) is 5.69 Å². The maximum Gasteiger partial charge on any atom is 0.416 e. The van der Waals surface area contributed by atoms with Gasteiger partial charge >= 0.3 is 6.18 Å². The number of halogens is 4. The monoisotopic (exact) mass is 362 g/mol. The molecule has 0 saturated carbocycles. The molecule has 0 saturated heterocycles. The van der Waals surface area contributed by atoms with Crippen LogP contribution in [0.1, 0.15) is 25.1 Å². The fourth-order valence-electron chi connectivity index (χ4n) is 1.74. The van der Waals surface area contributed by atoms with E-state index in [4.69, 9.17) is 0 Å². The molecule has 114 valence electrons. The quantitative estimate of drug-likeness (QED) is 0.904. The second-order valence-corrected chi connectivity index (χ2v) is 5.69. The zero-order valence-electron chi connectivity index (χ0n) is 11.4. The zero-order valence-corrected chi connectivity index (χ0v) is 13.0. The highest BCUT2D eigenvalue weighted by molar-refractivity contribution is 9.10. The van der Waals surface area contributed by atoms with Gasteiger partial charge in [0.25, 0.3) is 0 Å². The van der Waals surface area contributed by atoms with E-state index >= 15 is 0 Å². The lowest BCUT2D eigenvalue weighted by Crippen LogP contribution is -2.23. The lowest BCUT2D eigenvalue weighted by Gasteiger charge is -2.13. The first kappa shape index (κ1) is 16.0. The van der Waals surface area contributed by atoms with Gasteiger partial charge in [-0.15, -0.1) is 5.10 Å². The SMILES string of the molecule is CC(C)NCc1cnnn1-c1cc(C(F)(F)F)ccc1Br. The van der Waals surface area contributed by atoms with Crippen LogP contribution in [0.2, 0.25) is 0 Å². The molecule has 0 fully saturated rings.